The number of nitrogens with one attached hydrogen (secondary N) is 1. The molecule has 0 saturated heterocycles. The maximum atomic E-state index is 13.8. The number of hydrogen-bond acceptors (Lipinski definition) is 6. The number of benzene rings is 2. The first-order valence-electron chi connectivity index (χ1n) is 12.6. The lowest BCUT2D eigenvalue weighted by Crippen LogP contribution is -2.52. The van der Waals surface area contributed by atoms with Crippen molar-refractivity contribution in [3.05, 3.63) is 54.1 Å². The molecular weight excluding hydrogens is 494 g/mol. The second kappa shape index (κ2) is 14.5. The number of unbranched alkanes of at least 4 members (excludes halogenated alkanes) is 1. The molecule has 0 saturated carbocycles. The lowest BCUT2D eigenvalue weighted by Gasteiger charge is -2.33. The zero-order valence-electron chi connectivity index (χ0n) is 22.4. The number of anilines is 1. The van der Waals surface area contributed by atoms with Crippen LogP contribution in [0.2, 0.25) is 0 Å². The number of methoxy groups -OCH3 is 1. The molecule has 204 valence electrons. The summed E-state index contributed by atoms with van der Waals surface area (Å²) < 4.78 is 37.7. The van der Waals surface area contributed by atoms with Gasteiger partial charge in [-0.1, -0.05) is 44.5 Å². The largest absolute Gasteiger partial charge is 0.497 e. The lowest BCUT2D eigenvalue weighted by atomic mass is 10.1. The molecule has 2 rings (SSSR count). The summed E-state index contributed by atoms with van der Waals surface area (Å²) in [6, 6.07) is 13.1. The van der Waals surface area contributed by atoms with Gasteiger partial charge in [0.1, 0.15) is 24.1 Å². The molecule has 0 aliphatic rings. The van der Waals surface area contributed by atoms with E-state index in [1.165, 1.54) is 4.90 Å². The van der Waals surface area contributed by atoms with Crippen LogP contribution < -0.4 is 19.1 Å². The molecule has 0 aliphatic heterocycles. The van der Waals surface area contributed by atoms with Crippen molar-refractivity contribution in [1.29, 1.82) is 0 Å². The Morgan fingerprint density at radius 2 is 1.78 bits per heavy atom. The smallest absolute Gasteiger partial charge is 0.244 e. The van der Waals surface area contributed by atoms with Gasteiger partial charge in [0.15, 0.2) is 0 Å². The minimum absolute atomic E-state index is 0.112. The van der Waals surface area contributed by atoms with Crippen LogP contribution >= 0.6 is 0 Å². The Morgan fingerprint density at radius 3 is 2.41 bits per heavy atom. The summed E-state index contributed by atoms with van der Waals surface area (Å²) in [5, 5.41) is 2.91. The minimum Gasteiger partial charge on any atom is -0.497 e. The van der Waals surface area contributed by atoms with Crippen molar-refractivity contribution < 1.29 is 27.5 Å². The Labute approximate surface area is 220 Å². The molecule has 9 nitrogen and oxygen atoms in total. The van der Waals surface area contributed by atoms with Crippen LogP contribution in [0.15, 0.2) is 48.5 Å². The van der Waals surface area contributed by atoms with Crippen molar-refractivity contribution in [3.63, 3.8) is 0 Å². The number of carbonyl (C=O) groups is 2. The van der Waals surface area contributed by atoms with Gasteiger partial charge in [0.05, 0.1) is 25.7 Å². The van der Waals surface area contributed by atoms with Crippen LogP contribution in [0.1, 0.15) is 45.6 Å². The number of ether oxygens (including phenoxy) is 2. The fourth-order valence-electron chi connectivity index (χ4n) is 3.93. The standard InChI is InChI=1S/C27H39N3O6S/c1-6-9-17-28-27(32)23(7-2)29(19-21-13-12-14-22(18-21)35-4)26(31)20-30(37(5,33)34)24-15-10-11-16-25(24)36-8-3/h10-16,18,23H,6-9,17,19-20H2,1-5H3,(H,28,32). The Morgan fingerprint density at radius 1 is 1.05 bits per heavy atom. The predicted molar refractivity (Wildman–Crippen MR) is 145 cm³/mol. The van der Waals surface area contributed by atoms with Gasteiger partial charge in [-0.25, -0.2) is 8.42 Å². The average molecular weight is 534 g/mol. The average Bonchev–Trinajstić information content (AvgIpc) is 2.87. The number of carbonyl (C=O) groups excluding carboxylic acids is 2. The summed E-state index contributed by atoms with van der Waals surface area (Å²) in [4.78, 5) is 28.4. The number of nitrogens with zero attached hydrogens (tertiary/aromatic N) is 2. The van der Waals surface area contributed by atoms with Crippen LogP contribution in [0.4, 0.5) is 5.69 Å². The second-order valence-electron chi connectivity index (χ2n) is 8.61. The molecule has 10 heteroatoms. The summed E-state index contributed by atoms with van der Waals surface area (Å²) >= 11 is 0. The molecule has 2 aromatic rings. The highest BCUT2D eigenvalue weighted by atomic mass is 32.2. The Kier molecular flexibility index (Phi) is 11.7. The Hall–Kier alpha value is -3.27. The van der Waals surface area contributed by atoms with Gasteiger partial charge in [-0.3, -0.25) is 13.9 Å². The summed E-state index contributed by atoms with van der Waals surface area (Å²) in [5.74, 6) is 0.200. The van der Waals surface area contributed by atoms with Gasteiger partial charge in [-0.15, -0.1) is 0 Å². The fourth-order valence-corrected chi connectivity index (χ4v) is 4.78. The third-order valence-corrected chi connectivity index (χ3v) is 6.94. The third-order valence-electron chi connectivity index (χ3n) is 5.82. The molecule has 1 atom stereocenters. The van der Waals surface area contributed by atoms with Crippen molar-refractivity contribution in [2.45, 2.75) is 52.6 Å². The van der Waals surface area contributed by atoms with Crippen LogP contribution in [0.3, 0.4) is 0 Å². The summed E-state index contributed by atoms with van der Waals surface area (Å²) in [7, 11) is -2.30. The van der Waals surface area contributed by atoms with Crippen LogP contribution in [-0.2, 0) is 26.2 Å². The predicted octanol–water partition coefficient (Wildman–Crippen LogP) is 3.58. The number of rotatable bonds is 15. The molecule has 0 aromatic heterocycles. The summed E-state index contributed by atoms with van der Waals surface area (Å²) in [6.07, 6.45) is 3.15. The van der Waals surface area contributed by atoms with E-state index < -0.39 is 28.5 Å². The van der Waals surface area contributed by atoms with Crippen molar-refractivity contribution in [3.8, 4) is 11.5 Å². The minimum atomic E-state index is -3.86. The number of hydrogen-bond donors (Lipinski definition) is 1. The molecule has 1 unspecified atom stereocenters. The zero-order valence-corrected chi connectivity index (χ0v) is 23.2. The Bertz CT molecular complexity index is 1140. The van der Waals surface area contributed by atoms with Crippen LogP contribution in [0.25, 0.3) is 0 Å². The van der Waals surface area contributed by atoms with Gasteiger partial charge in [0, 0.05) is 13.1 Å². The number of amides is 2. The van der Waals surface area contributed by atoms with E-state index in [9.17, 15) is 18.0 Å². The van der Waals surface area contributed by atoms with E-state index in [1.807, 2.05) is 19.9 Å². The van der Waals surface area contributed by atoms with E-state index in [0.717, 1.165) is 29.0 Å². The monoisotopic (exact) mass is 533 g/mol. The maximum Gasteiger partial charge on any atom is 0.244 e. The third kappa shape index (κ3) is 8.66. The molecule has 0 spiro atoms. The van der Waals surface area contributed by atoms with E-state index in [1.54, 1.807) is 56.5 Å². The molecule has 0 bridgehead atoms. The number of para-hydroxylation sites is 2. The van der Waals surface area contributed by atoms with Crippen molar-refractivity contribution in [1.82, 2.24) is 10.2 Å². The van der Waals surface area contributed by atoms with Crippen molar-refractivity contribution in [2.75, 3.05) is 37.4 Å². The second-order valence-corrected chi connectivity index (χ2v) is 10.5. The highest BCUT2D eigenvalue weighted by molar-refractivity contribution is 7.92. The first-order chi connectivity index (χ1) is 17.7. The van der Waals surface area contributed by atoms with Crippen molar-refractivity contribution in [2.24, 2.45) is 0 Å². The fraction of sp³-hybridized carbons (Fsp3) is 0.481. The van der Waals surface area contributed by atoms with Crippen LogP contribution in [0.5, 0.6) is 11.5 Å². The van der Waals surface area contributed by atoms with Crippen molar-refractivity contribution >= 4 is 27.5 Å². The Balaban J connectivity index is 2.46. The van der Waals surface area contributed by atoms with E-state index in [0.29, 0.717) is 31.1 Å². The van der Waals surface area contributed by atoms with Gasteiger partial charge in [0.2, 0.25) is 21.8 Å². The van der Waals surface area contributed by atoms with E-state index in [2.05, 4.69) is 5.32 Å². The van der Waals surface area contributed by atoms with Gasteiger partial charge >= 0.3 is 0 Å². The maximum absolute atomic E-state index is 13.8. The van der Waals surface area contributed by atoms with E-state index in [4.69, 9.17) is 9.47 Å². The quantitative estimate of drug-likeness (QED) is 0.351. The zero-order chi connectivity index (χ0) is 27.4. The molecule has 0 radical (unpaired) electrons. The highest BCUT2D eigenvalue weighted by Gasteiger charge is 2.32. The molecule has 37 heavy (non-hydrogen) atoms. The first-order valence-corrected chi connectivity index (χ1v) is 14.4. The van der Waals surface area contributed by atoms with Gasteiger partial charge < -0.3 is 19.7 Å². The molecule has 2 amide bonds. The SMILES string of the molecule is CCCCNC(=O)C(CC)N(Cc1cccc(OC)c1)C(=O)CN(c1ccccc1OCC)S(C)(=O)=O. The normalized spacial score (nSPS) is 11.9. The molecule has 0 fully saturated rings. The van der Waals surface area contributed by atoms with Gasteiger partial charge in [-0.05, 0) is 49.6 Å². The van der Waals surface area contributed by atoms with Crippen LogP contribution in [0, 0.1) is 0 Å². The van der Waals surface area contributed by atoms with Gasteiger partial charge in [0.25, 0.3) is 0 Å². The summed E-state index contributed by atoms with van der Waals surface area (Å²) in [5.41, 5.74) is 1.02. The van der Waals surface area contributed by atoms with Crippen LogP contribution in [-0.4, -0.2) is 64.2 Å². The topological polar surface area (TPSA) is 105 Å². The first kappa shape index (κ1) is 30.0. The molecule has 0 aliphatic carbocycles. The number of sulfonamides is 1. The summed E-state index contributed by atoms with van der Waals surface area (Å²) in [6.45, 7) is 6.12. The molecular formula is C27H39N3O6S. The highest BCUT2D eigenvalue weighted by Crippen LogP contribution is 2.30. The van der Waals surface area contributed by atoms with E-state index in [-0.39, 0.29) is 18.1 Å². The molecule has 2 aromatic carbocycles. The van der Waals surface area contributed by atoms with Gasteiger partial charge in [-0.2, -0.15) is 0 Å². The lowest BCUT2D eigenvalue weighted by molar-refractivity contribution is -0.140. The molecule has 0 heterocycles. The molecule has 1 N–H and O–H groups in total. The van der Waals surface area contributed by atoms with E-state index >= 15 is 0 Å².